The lowest BCUT2D eigenvalue weighted by Gasteiger charge is -2.38. The van der Waals surface area contributed by atoms with Gasteiger partial charge in [-0.2, -0.15) is 0 Å². The number of nitrogens with one attached hydrogen (secondary N) is 3. The molecule has 0 unspecified atom stereocenters. The van der Waals surface area contributed by atoms with E-state index in [0.29, 0.717) is 43.6 Å². The molecule has 2 heterocycles. The van der Waals surface area contributed by atoms with Crippen molar-refractivity contribution in [3.63, 3.8) is 0 Å². The molecule has 2 aliphatic rings. The number of aryl methyl sites for hydroxylation is 1. The molecule has 2 aromatic rings. The number of benzene rings is 1. The van der Waals surface area contributed by atoms with Gasteiger partial charge in [-0.25, -0.2) is 4.39 Å². The second kappa shape index (κ2) is 15.7. The smallest absolute Gasteiger partial charge is 0.257 e. The highest BCUT2D eigenvalue weighted by Crippen LogP contribution is 2.30. The third-order valence-electron chi connectivity index (χ3n) is 9.50. The normalized spacial score (nSPS) is 19.0. The number of piperidine rings is 1. The third-order valence-corrected chi connectivity index (χ3v) is 9.50. The van der Waals surface area contributed by atoms with E-state index in [1.165, 1.54) is 18.4 Å². The molecule has 11 nitrogen and oxygen atoms in total. The summed E-state index contributed by atoms with van der Waals surface area (Å²) < 4.78 is 20.6. The maximum absolute atomic E-state index is 15.6. The summed E-state index contributed by atoms with van der Waals surface area (Å²) in [6.07, 6.45) is 8.28. The molecule has 1 aromatic heterocycles. The van der Waals surface area contributed by atoms with Crippen LogP contribution in [0.15, 0.2) is 29.0 Å². The average molecular weight is 642 g/mol. The predicted molar refractivity (Wildman–Crippen MR) is 170 cm³/mol. The Morgan fingerprint density at radius 1 is 1.09 bits per heavy atom. The van der Waals surface area contributed by atoms with Crippen molar-refractivity contribution in [3.8, 4) is 0 Å². The van der Waals surface area contributed by atoms with Crippen LogP contribution in [0.1, 0.15) is 113 Å². The van der Waals surface area contributed by atoms with Gasteiger partial charge in [-0.05, 0) is 62.6 Å². The fourth-order valence-electron chi connectivity index (χ4n) is 6.36. The number of carbonyl (C=O) groups is 4. The Balaban J connectivity index is 1.52. The summed E-state index contributed by atoms with van der Waals surface area (Å²) in [4.78, 5) is 54.5. The van der Waals surface area contributed by atoms with Crippen LogP contribution in [0.2, 0.25) is 0 Å². The molecule has 1 aliphatic heterocycles. The number of likely N-dealkylation sites (tertiary alicyclic amines) is 1. The number of rotatable bonds is 11. The van der Waals surface area contributed by atoms with Crippen LogP contribution >= 0.6 is 0 Å². The SMILES string of the molecule is CCC(=O)N[C@@H](C(=O)N1CCC(C)(O)CC1)[C@@H](C)c1ccc(NC(=O)[C@@H](NC(=O)c2conc2CC)C2CCCCCC2)c(F)c1. The van der Waals surface area contributed by atoms with Crippen molar-refractivity contribution >= 4 is 29.3 Å². The average Bonchev–Trinajstić information content (AvgIpc) is 3.37. The molecule has 1 saturated heterocycles. The van der Waals surface area contributed by atoms with Crippen LogP contribution in [-0.2, 0) is 20.8 Å². The fourth-order valence-corrected chi connectivity index (χ4v) is 6.36. The number of nitrogens with zero attached hydrogens (tertiary/aromatic N) is 2. The van der Waals surface area contributed by atoms with E-state index in [0.717, 1.165) is 38.5 Å². The minimum absolute atomic E-state index is 0.0493. The van der Waals surface area contributed by atoms with E-state index in [2.05, 4.69) is 21.1 Å². The van der Waals surface area contributed by atoms with E-state index in [4.69, 9.17) is 4.52 Å². The largest absolute Gasteiger partial charge is 0.390 e. The highest BCUT2D eigenvalue weighted by Gasteiger charge is 2.36. The number of carbonyl (C=O) groups excluding carboxylic acids is 4. The van der Waals surface area contributed by atoms with Gasteiger partial charge in [-0.1, -0.05) is 57.7 Å². The second-order valence-corrected chi connectivity index (χ2v) is 13.0. The molecular formula is C34H48FN5O6. The summed E-state index contributed by atoms with van der Waals surface area (Å²) >= 11 is 0. The van der Waals surface area contributed by atoms with Gasteiger partial charge in [-0.3, -0.25) is 19.2 Å². The number of hydrogen-bond donors (Lipinski definition) is 4. The molecule has 0 bridgehead atoms. The van der Waals surface area contributed by atoms with Gasteiger partial charge in [0, 0.05) is 25.4 Å². The topological polar surface area (TPSA) is 154 Å². The summed E-state index contributed by atoms with van der Waals surface area (Å²) in [5.74, 6) is -2.97. The lowest BCUT2D eigenvalue weighted by Crippen LogP contribution is -2.54. The Hall–Kier alpha value is -3.80. The standard InChI is InChI=1S/C34H48FN5O6/c1-5-26-24(20-46-39-26)31(42)38-30(22-11-9-7-8-10-12-22)32(43)36-27-14-13-23(19-25(27)35)21(3)29(37-28(41)6-2)33(44)40-17-15-34(4,45)16-18-40/h13-14,19-22,29-30,45H,5-12,15-18H2,1-4H3,(H,36,43)(H,37,41)(H,38,42)/t21-,29+,30-/m0/s1. The molecular weight excluding hydrogens is 593 g/mol. The van der Waals surface area contributed by atoms with E-state index >= 15 is 4.39 Å². The van der Waals surface area contributed by atoms with Crippen LogP contribution in [0.5, 0.6) is 0 Å². The van der Waals surface area contributed by atoms with E-state index in [1.807, 2.05) is 6.92 Å². The first-order valence-electron chi connectivity index (χ1n) is 16.6. The molecule has 3 atom stereocenters. The van der Waals surface area contributed by atoms with Crippen LogP contribution in [0.4, 0.5) is 10.1 Å². The predicted octanol–water partition coefficient (Wildman–Crippen LogP) is 4.46. The molecule has 4 amide bonds. The number of aliphatic hydroxyl groups is 1. The Labute approximate surface area is 270 Å². The van der Waals surface area contributed by atoms with Crippen molar-refractivity contribution < 1.29 is 33.2 Å². The maximum Gasteiger partial charge on any atom is 0.257 e. The van der Waals surface area contributed by atoms with E-state index in [-0.39, 0.29) is 35.4 Å². The first-order chi connectivity index (χ1) is 21.9. The van der Waals surface area contributed by atoms with Gasteiger partial charge in [-0.15, -0.1) is 0 Å². The summed E-state index contributed by atoms with van der Waals surface area (Å²) in [6, 6.07) is 2.52. The molecule has 4 N–H and O–H groups in total. The lowest BCUT2D eigenvalue weighted by atomic mass is 9.89. The molecule has 4 rings (SSSR count). The number of aromatic nitrogens is 1. The van der Waals surface area contributed by atoms with Crippen molar-refractivity contribution in [1.29, 1.82) is 0 Å². The van der Waals surface area contributed by atoms with Crippen molar-refractivity contribution in [2.75, 3.05) is 18.4 Å². The van der Waals surface area contributed by atoms with Gasteiger partial charge in [0.2, 0.25) is 17.7 Å². The van der Waals surface area contributed by atoms with Gasteiger partial charge < -0.3 is 30.5 Å². The first-order valence-corrected chi connectivity index (χ1v) is 16.6. The number of anilines is 1. The van der Waals surface area contributed by atoms with Crippen LogP contribution in [0.25, 0.3) is 0 Å². The highest BCUT2D eigenvalue weighted by atomic mass is 19.1. The van der Waals surface area contributed by atoms with Crippen LogP contribution in [0.3, 0.4) is 0 Å². The Morgan fingerprint density at radius 3 is 2.37 bits per heavy atom. The summed E-state index contributed by atoms with van der Waals surface area (Å²) in [7, 11) is 0. The summed E-state index contributed by atoms with van der Waals surface area (Å²) in [5.41, 5.74) is 0.343. The van der Waals surface area contributed by atoms with E-state index < -0.39 is 41.2 Å². The van der Waals surface area contributed by atoms with Gasteiger partial charge in [0.25, 0.3) is 5.91 Å². The second-order valence-electron chi connectivity index (χ2n) is 13.0. The van der Waals surface area contributed by atoms with Crippen molar-refractivity contribution in [2.24, 2.45) is 5.92 Å². The molecule has 0 radical (unpaired) electrons. The molecule has 1 aromatic carbocycles. The lowest BCUT2D eigenvalue weighted by molar-refractivity contribution is -0.140. The van der Waals surface area contributed by atoms with Crippen LogP contribution in [0, 0.1) is 11.7 Å². The zero-order chi connectivity index (χ0) is 33.4. The monoisotopic (exact) mass is 641 g/mol. The quantitative estimate of drug-likeness (QED) is 0.264. The Bertz CT molecular complexity index is 1380. The minimum Gasteiger partial charge on any atom is -0.390 e. The van der Waals surface area contributed by atoms with Gasteiger partial charge in [0.1, 0.15) is 29.7 Å². The molecule has 46 heavy (non-hydrogen) atoms. The Morgan fingerprint density at radius 2 is 1.76 bits per heavy atom. The highest BCUT2D eigenvalue weighted by molar-refractivity contribution is 6.01. The van der Waals surface area contributed by atoms with Gasteiger partial charge in [0.05, 0.1) is 17.0 Å². The van der Waals surface area contributed by atoms with Crippen LogP contribution in [-0.4, -0.2) is 69.6 Å². The number of hydrogen-bond acceptors (Lipinski definition) is 7. The van der Waals surface area contributed by atoms with E-state index in [9.17, 15) is 24.3 Å². The van der Waals surface area contributed by atoms with Crippen molar-refractivity contribution in [3.05, 3.63) is 47.1 Å². The molecule has 12 heteroatoms. The number of halogens is 1. The van der Waals surface area contributed by atoms with Crippen molar-refractivity contribution in [1.82, 2.24) is 20.7 Å². The summed E-state index contributed by atoms with van der Waals surface area (Å²) in [5, 5.41) is 22.6. The van der Waals surface area contributed by atoms with E-state index in [1.54, 1.807) is 31.7 Å². The fraction of sp³-hybridized carbons (Fsp3) is 0.618. The zero-order valence-corrected chi connectivity index (χ0v) is 27.4. The molecule has 252 valence electrons. The van der Waals surface area contributed by atoms with Gasteiger partial charge in [0.15, 0.2) is 0 Å². The third kappa shape index (κ3) is 8.71. The number of amides is 4. The maximum atomic E-state index is 15.6. The van der Waals surface area contributed by atoms with Crippen LogP contribution < -0.4 is 16.0 Å². The molecule has 1 aliphatic carbocycles. The zero-order valence-electron chi connectivity index (χ0n) is 27.4. The Kier molecular flexibility index (Phi) is 11.9. The molecule has 1 saturated carbocycles. The van der Waals surface area contributed by atoms with Gasteiger partial charge >= 0.3 is 0 Å². The molecule has 0 spiro atoms. The minimum atomic E-state index is -0.935. The molecule has 2 fully saturated rings. The summed E-state index contributed by atoms with van der Waals surface area (Å²) in [6.45, 7) is 7.74. The van der Waals surface area contributed by atoms with Crippen molar-refractivity contribution in [2.45, 2.75) is 116 Å². The first kappa shape index (κ1) is 35.1.